The molecular weight excluding hydrogens is 426 g/mol. The van der Waals surface area contributed by atoms with Crippen molar-refractivity contribution in [1.29, 1.82) is 0 Å². The minimum atomic E-state index is 0.144. The molecule has 0 atom stereocenters. The number of benzene rings is 2. The first kappa shape index (κ1) is 23.6. The molecule has 0 unspecified atom stereocenters. The number of amides is 1. The number of hydrogen-bond acceptors (Lipinski definition) is 7. The maximum Gasteiger partial charge on any atom is 0.222 e. The molecule has 2 aromatic carbocycles. The number of nitrogens with zero attached hydrogens (tertiary/aromatic N) is 5. The third-order valence-corrected chi connectivity index (χ3v) is 6.13. The van der Waals surface area contributed by atoms with Crippen LogP contribution in [-0.2, 0) is 24.8 Å². The molecule has 0 fully saturated rings. The zero-order valence-corrected chi connectivity index (χ0v) is 19.5. The van der Waals surface area contributed by atoms with Crippen LogP contribution in [0.5, 0.6) is 11.5 Å². The fraction of sp³-hybridized carbons (Fsp3) is 0.391. The van der Waals surface area contributed by atoms with Crippen LogP contribution in [0.3, 0.4) is 0 Å². The number of thioether (sulfide) groups is 1. The lowest BCUT2D eigenvalue weighted by Crippen LogP contribution is -2.32. The summed E-state index contributed by atoms with van der Waals surface area (Å²) in [4.78, 5) is 15.0. The number of aryl methyl sites for hydroxylation is 1. The maximum atomic E-state index is 13.0. The molecule has 0 aliphatic rings. The van der Waals surface area contributed by atoms with E-state index in [-0.39, 0.29) is 5.91 Å². The quantitative estimate of drug-likeness (QED) is 0.306. The lowest BCUT2D eigenvalue weighted by Gasteiger charge is -2.23. The molecule has 1 heterocycles. The normalized spacial score (nSPS) is 10.7. The highest BCUT2D eigenvalue weighted by Gasteiger charge is 2.15. The van der Waals surface area contributed by atoms with Crippen LogP contribution >= 0.6 is 11.8 Å². The Hall–Kier alpha value is -3.07. The van der Waals surface area contributed by atoms with E-state index in [4.69, 9.17) is 9.47 Å². The molecule has 170 valence electrons. The molecular formula is C23H29N5O3S. The zero-order valence-electron chi connectivity index (χ0n) is 18.7. The first-order valence-corrected chi connectivity index (χ1v) is 11.5. The van der Waals surface area contributed by atoms with Crippen LogP contribution in [0.15, 0.2) is 53.7 Å². The van der Waals surface area contributed by atoms with Gasteiger partial charge < -0.3 is 14.4 Å². The van der Waals surface area contributed by atoms with Gasteiger partial charge in [-0.2, -0.15) is 0 Å². The number of carbonyl (C=O) groups excluding carboxylic acids is 1. The summed E-state index contributed by atoms with van der Waals surface area (Å²) in [6.07, 6.45) is 1.98. The molecule has 0 aliphatic carbocycles. The first-order valence-electron chi connectivity index (χ1n) is 10.5. The van der Waals surface area contributed by atoms with E-state index in [1.54, 1.807) is 30.7 Å². The van der Waals surface area contributed by atoms with Gasteiger partial charge >= 0.3 is 0 Å². The molecule has 0 radical (unpaired) electrons. The Balaban J connectivity index is 1.59. The third kappa shape index (κ3) is 6.71. The molecule has 0 bridgehead atoms. The number of ether oxygens (including phenoxy) is 2. The number of aromatic nitrogens is 4. The van der Waals surface area contributed by atoms with E-state index < -0.39 is 0 Å². The minimum Gasteiger partial charge on any atom is -0.493 e. The van der Waals surface area contributed by atoms with Crippen molar-refractivity contribution < 1.29 is 14.3 Å². The SMILES string of the molecule is COc1ccc(CCN(Cc2ccccc2)C(=O)CCCSc2nnnn2C)cc1OC. The van der Waals surface area contributed by atoms with Crippen LogP contribution in [0.25, 0.3) is 0 Å². The lowest BCUT2D eigenvalue weighted by molar-refractivity contribution is -0.131. The van der Waals surface area contributed by atoms with Gasteiger partial charge in [-0.3, -0.25) is 4.79 Å². The Kier molecular flexibility index (Phi) is 8.91. The third-order valence-electron chi connectivity index (χ3n) is 5.03. The Morgan fingerprint density at radius 1 is 1.06 bits per heavy atom. The average Bonchev–Trinajstić information content (AvgIpc) is 3.24. The molecule has 3 aromatic rings. The second-order valence-corrected chi connectivity index (χ2v) is 8.34. The minimum absolute atomic E-state index is 0.144. The molecule has 1 amide bonds. The van der Waals surface area contributed by atoms with Gasteiger partial charge in [-0.25, -0.2) is 4.68 Å². The van der Waals surface area contributed by atoms with E-state index in [1.807, 2.05) is 60.5 Å². The molecule has 0 saturated heterocycles. The second kappa shape index (κ2) is 12.1. The summed E-state index contributed by atoms with van der Waals surface area (Å²) in [5.74, 6) is 2.32. The summed E-state index contributed by atoms with van der Waals surface area (Å²) < 4.78 is 12.4. The predicted octanol–water partition coefficient (Wildman–Crippen LogP) is 3.37. The highest BCUT2D eigenvalue weighted by molar-refractivity contribution is 7.99. The standard InChI is InChI=1S/C23H29N5O3S/c1-27-23(24-25-26-27)32-15-7-10-22(29)28(17-19-8-5-4-6-9-19)14-13-18-11-12-20(30-2)21(16-18)31-3/h4-6,8-9,11-12,16H,7,10,13-15,17H2,1-3H3. The van der Waals surface area contributed by atoms with Gasteiger partial charge in [0.1, 0.15) is 0 Å². The molecule has 8 nitrogen and oxygen atoms in total. The Morgan fingerprint density at radius 3 is 2.53 bits per heavy atom. The van der Waals surface area contributed by atoms with Crippen LogP contribution in [-0.4, -0.2) is 57.5 Å². The van der Waals surface area contributed by atoms with Gasteiger partial charge in [0, 0.05) is 32.3 Å². The van der Waals surface area contributed by atoms with Crippen molar-refractivity contribution >= 4 is 17.7 Å². The smallest absolute Gasteiger partial charge is 0.222 e. The topological polar surface area (TPSA) is 82.4 Å². The van der Waals surface area contributed by atoms with E-state index in [2.05, 4.69) is 15.5 Å². The van der Waals surface area contributed by atoms with Crippen molar-refractivity contribution in [3.63, 3.8) is 0 Å². The number of tetrazole rings is 1. The van der Waals surface area contributed by atoms with Crippen LogP contribution in [0, 0.1) is 0 Å². The van der Waals surface area contributed by atoms with E-state index in [9.17, 15) is 4.79 Å². The van der Waals surface area contributed by atoms with E-state index >= 15 is 0 Å². The molecule has 0 N–H and O–H groups in total. The summed E-state index contributed by atoms with van der Waals surface area (Å²) in [7, 11) is 5.06. The molecule has 9 heteroatoms. The maximum absolute atomic E-state index is 13.0. The first-order chi connectivity index (χ1) is 15.6. The van der Waals surface area contributed by atoms with Gasteiger partial charge in [-0.15, -0.1) is 5.10 Å². The number of hydrogen-bond donors (Lipinski definition) is 0. The number of carbonyl (C=O) groups is 1. The summed E-state index contributed by atoms with van der Waals surface area (Å²) in [5.41, 5.74) is 2.21. The molecule has 0 aliphatic heterocycles. The highest BCUT2D eigenvalue weighted by atomic mass is 32.2. The number of rotatable bonds is 12. The van der Waals surface area contributed by atoms with Gasteiger partial charge in [0.25, 0.3) is 0 Å². The lowest BCUT2D eigenvalue weighted by atomic mass is 10.1. The van der Waals surface area contributed by atoms with Crippen molar-refractivity contribution in [3.05, 3.63) is 59.7 Å². The number of methoxy groups -OCH3 is 2. The zero-order chi connectivity index (χ0) is 22.8. The fourth-order valence-electron chi connectivity index (χ4n) is 3.28. The Labute approximate surface area is 192 Å². The summed E-state index contributed by atoms with van der Waals surface area (Å²) in [6.45, 7) is 1.22. The van der Waals surface area contributed by atoms with Gasteiger partial charge in [0.05, 0.1) is 14.2 Å². The Morgan fingerprint density at radius 2 is 1.84 bits per heavy atom. The Bertz CT molecular complexity index is 996. The van der Waals surface area contributed by atoms with Crippen LogP contribution in [0.1, 0.15) is 24.0 Å². The second-order valence-electron chi connectivity index (χ2n) is 7.28. The van der Waals surface area contributed by atoms with Crippen molar-refractivity contribution in [2.45, 2.75) is 31.0 Å². The van der Waals surface area contributed by atoms with E-state index in [1.165, 1.54) is 0 Å². The molecule has 3 rings (SSSR count). The van der Waals surface area contributed by atoms with E-state index in [0.29, 0.717) is 31.0 Å². The van der Waals surface area contributed by atoms with Crippen molar-refractivity contribution in [2.75, 3.05) is 26.5 Å². The molecule has 0 saturated carbocycles. The average molecular weight is 456 g/mol. The van der Waals surface area contributed by atoms with Gasteiger partial charge in [-0.05, 0) is 46.5 Å². The van der Waals surface area contributed by atoms with Crippen LogP contribution < -0.4 is 9.47 Å². The van der Waals surface area contributed by atoms with Gasteiger partial charge in [-0.1, -0.05) is 48.2 Å². The van der Waals surface area contributed by atoms with Crippen LogP contribution in [0.4, 0.5) is 0 Å². The van der Waals surface area contributed by atoms with E-state index in [0.717, 1.165) is 34.9 Å². The van der Waals surface area contributed by atoms with Crippen molar-refractivity contribution in [3.8, 4) is 11.5 Å². The molecule has 32 heavy (non-hydrogen) atoms. The summed E-state index contributed by atoms with van der Waals surface area (Å²) in [6, 6.07) is 16.0. The highest BCUT2D eigenvalue weighted by Crippen LogP contribution is 2.28. The monoisotopic (exact) mass is 455 g/mol. The van der Waals surface area contributed by atoms with Crippen LogP contribution in [0.2, 0.25) is 0 Å². The van der Waals surface area contributed by atoms with Gasteiger partial charge in [0.2, 0.25) is 11.1 Å². The summed E-state index contributed by atoms with van der Waals surface area (Å²) in [5, 5.41) is 12.2. The predicted molar refractivity (Wildman–Crippen MR) is 124 cm³/mol. The largest absolute Gasteiger partial charge is 0.493 e. The summed E-state index contributed by atoms with van der Waals surface area (Å²) >= 11 is 1.56. The fourth-order valence-corrected chi connectivity index (χ4v) is 4.07. The van der Waals surface area contributed by atoms with Crippen molar-refractivity contribution in [2.24, 2.45) is 7.05 Å². The van der Waals surface area contributed by atoms with Gasteiger partial charge in [0.15, 0.2) is 11.5 Å². The molecule has 0 spiro atoms. The van der Waals surface area contributed by atoms with Crippen molar-refractivity contribution in [1.82, 2.24) is 25.1 Å². The molecule has 1 aromatic heterocycles.